The van der Waals surface area contributed by atoms with Crippen LogP contribution >= 0.6 is 0 Å². The van der Waals surface area contributed by atoms with Gasteiger partial charge in [0.1, 0.15) is 19.2 Å². The highest BCUT2D eigenvalue weighted by Crippen LogP contribution is 2.60. The van der Waals surface area contributed by atoms with Gasteiger partial charge < -0.3 is 19.7 Å². The number of hydrogen-bond donors (Lipinski definition) is 2. The molecule has 0 bridgehead atoms. The molecule has 1 amide bonds. The summed E-state index contributed by atoms with van der Waals surface area (Å²) in [4.78, 5) is 18.1. The van der Waals surface area contributed by atoms with Gasteiger partial charge in [0, 0.05) is 58.9 Å². The van der Waals surface area contributed by atoms with Gasteiger partial charge in [0.15, 0.2) is 5.82 Å². The summed E-state index contributed by atoms with van der Waals surface area (Å²) in [7, 11) is -1.01. The van der Waals surface area contributed by atoms with Crippen LogP contribution in [0.1, 0.15) is 30.2 Å². The van der Waals surface area contributed by atoms with Crippen molar-refractivity contribution in [3.05, 3.63) is 29.0 Å². The van der Waals surface area contributed by atoms with E-state index in [0.717, 1.165) is 47.6 Å². The number of benzene rings is 1. The number of imidazole rings is 1. The Labute approximate surface area is 257 Å². The second kappa shape index (κ2) is 11.8. The number of aliphatic hydroxyl groups excluding tert-OH is 1. The molecule has 2 heterocycles. The van der Waals surface area contributed by atoms with Crippen molar-refractivity contribution >= 4 is 39.0 Å². The van der Waals surface area contributed by atoms with E-state index in [0.29, 0.717) is 47.3 Å². The fourth-order valence-electron chi connectivity index (χ4n) is 5.98. The summed E-state index contributed by atoms with van der Waals surface area (Å²) in [6.45, 7) is 18.2. The first kappa shape index (κ1) is 31.9. The van der Waals surface area contributed by atoms with E-state index in [4.69, 9.17) is 19.6 Å². The van der Waals surface area contributed by atoms with E-state index in [-0.39, 0.29) is 13.3 Å². The first-order valence-corrected chi connectivity index (χ1v) is 22.9. The zero-order valence-electron chi connectivity index (χ0n) is 27.2. The third-order valence-electron chi connectivity index (χ3n) is 9.13. The number of aliphatic hydroxyl groups is 1. The quantitative estimate of drug-likeness (QED) is 0.170. The summed E-state index contributed by atoms with van der Waals surface area (Å²) in [5.74, 6) is 1.33. The predicted octanol–water partition coefficient (Wildman–Crippen LogP) is 6.26. The van der Waals surface area contributed by atoms with E-state index in [1.165, 1.54) is 24.7 Å². The molecule has 5 rings (SSSR count). The van der Waals surface area contributed by atoms with Crippen molar-refractivity contribution in [2.45, 2.75) is 97.6 Å². The van der Waals surface area contributed by atoms with E-state index in [1.54, 1.807) is 6.07 Å². The molecule has 0 aliphatic heterocycles. The van der Waals surface area contributed by atoms with Crippen LogP contribution in [0.5, 0.6) is 0 Å². The van der Waals surface area contributed by atoms with Crippen LogP contribution in [0.25, 0.3) is 22.6 Å². The molecule has 0 unspecified atom stereocenters. The summed E-state index contributed by atoms with van der Waals surface area (Å²) >= 11 is 0. The minimum atomic E-state index is -1.30. The second-order valence-electron chi connectivity index (χ2n) is 15.2. The highest BCUT2D eigenvalue weighted by molar-refractivity contribution is 6.76. The Hall–Kier alpha value is -2.52. The van der Waals surface area contributed by atoms with E-state index in [2.05, 4.69) is 46.2 Å². The number of aromatic nitrogens is 4. The van der Waals surface area contributed by atoms with Crippen molar-refractivity contribution in [1.82, 2.24) is 19.3 Å². The van der Waals surface area contributed by atoms with Crippen molar-refractivity contribution in [3.8, 4) is 11.5 Å². The number of anilines is 1. The molecule has 0 spiro atoms. The molecule has 0 radical (unpaired) electrons. The summed E-state index contributed by atoms with van der Waals surface area (Å²) in [6, 6.07) is 5.65. The van der Waals surface area contributed by atoms with Crippen LogP contribution in [-0.2, 0) is 42.4 Å². The molecule has 0 saturated heterocycles. The number of nitrogens with zero attached hydrogens (tertiary/aromatic N) is 5. The third kappa shape index (κ3) is 6.93. The van der Waals surface area contributed by atoms with Gasteiger partial charge in [0.25, 0.3) is 0 Å². The summed E-state index contributed by atoms with van der Waals surface area (Å²) in [5, 5.41) is 25.2. The highest BCUT2D eigenvalue weighted by atomic mass is 28.3. The third-order valence-corrected chi connectivity index (χ3v) is 12.5. The van der Waals surface area contributed by atoms with Crippen molar-refractivity contribution in [3.63, 3.8) is 0 Å². The molecular formula is C31H49N5O5Si2. The molecule has 12 heteroatoms. The normalized spacial score (nSPS) is 19.9. The van der Waals surface area contributed by atoms with Crippen molar-refractivity contribution < 1.29 is 24.5 Å². The van der Waals surface area contributed by atoms with E-state index in [1.807, 2.05) is 15.3 Å². The first-order chi connectivity index (χ1) is 20.1. The Kier molecular flexibility index (Phi) is 8.73. The zero-order chi connectivity index (χ0) is 31.3. The Morgan fingerprint density at radius 1 is 1.09 bits per heavy atom. The maximum atomic E-state index is 11.8. The molecule has 2 aliphatic carbocycles. The molecule has 2 aliphatic rings. The molecule has 10 nitrogen and oxygen atoms in total. The van der Waals surface area contributed by atoms with Gasteiger partial charge in [-0.1, -0.05) is 46.2 Å². The van der Waals surface area contributed by atoms with Crippen LogP contribution < -0.4 is 4.90 Å². The number of carbonyl (C=O) groups is 1. The van der Waals surface area contributed by atoms with Crippen LogP contribution in [0.2, 0.25) is 51.4 Å². The molecule has 2 aromatic heterocycles. The van der Waals surface area contributed by atoms with Crippen LogP contribution in [0, 0.1) is 11.3 Å². The van der Waals surface area contributed by atoms with Gasteiger partial charge in [-0.05, 0) is 54.8 Å². The van der Waals surface area contributed by atoms with E-state index in [9.17, 15) is 15.0 Å². The fraction of sp³-hybridized carbons (Fsp3) is 0.645. The number of hydrogen-bond acceptors (Lipinski definition) is 6. The van der Waals surface area contributed by atoms with Crippen LogP contribution in [-0.4, -0.2) is 72.0 Å². The molecule has 3 aromatic rings. The van der Waals surface area contributed by atoms with Crippen LogP contribution in [0.15, 0.2) is 12.1 Å². The topological polar surface area (TPSA) is 115 Å². The summed E-state index contributed by atoms with van der Waals surface area (Å²) in [6.07, 6.45) is 2.07. The molecule has 2 atom stereocenters. The lowest BCUT2D eigenvalue weighted by atomic mass is 9.87. The standard InChI is InChI=1S/C31H49N5O5Si2/c1-31-16-22(31)14-24-26(17-31)36(20-41-10-12-43(6,7)8)33-28(24)29-32-27-21(18-37)13-23(34(2)30(38)39)15-25(27)35(29)19-40-9-11-42(3,4)5/h13,15,22,37H,9-12,14,16-20H2,1-8H3,(H,38,39)/t22-,31-/m1/s1. The average Bonchev–Trinajstić information content (AvgIpc) is 3.27. The lowest BCUT2D eigenvalue weighted by Gasteiger charge is -2.21. The van der Waals surface area contributed by atoms with Gasteiger partial charge in [-0.15, -0.1) is 0 Å². The summed E-state index contributed by atoms with van der Waals surface area (Å²) < 4.78 is 16.5. The van der Waals surface area contributed by atoms with Crippen molar-refractivity contribution in [2.24, 2.45) is 11.3 Å². The number of rotatable bonds is 13. The van der Waals surface area contributed by atoms with Crippen LogP contribution in [0.4, 0.5) is 10.5 Å². The second-order valence-corrected chi connectivity index (χ2v) is 26.5. The Bertz CT molecular complexity index is 1500. The maximum absolute atomic E-state index is 11.8. The lowest BCUT2D eigenvalue weighted by Crippen LogP contribution is -2.24. The first-order valence-electron chi connectivity index (χ1n) is 15.5. The lowest BCUT2D eigenvalue weighted by molar-refractivity contribution is 0.0756. The largest absolute Gasteiger partial charge is 0.465 e. The van der Waals surface area contributed by atoms with E-state index < -0.39 is 22.2 Å². The summed E-state index contributed by atoms with van der Waals surface area (Å²) in [5.41, 5.74) is 6.00. The molecule has 236 valence electrons. The maximum Gasteiger partial charge on any atom is 0.411 e. The van der Waals surface area contributed by atoms with Gasteiger partial charge in [-0.3, -0.25) is 9.47 Å². The molecule has 1 fully saturated rings. The molecule has 2 N–H and O–H groups in total. The minimum Gasteiger partial charge on any atom is -0.465 e. The van der Waals surface area contributed by atoms with Crippen LogP contribution in [0.3, 0.4) is 0 Å². The van der Waals surface area contributed by atoms with Crippen molar-refractivity contribution in [2.75, 3.05) is 25.2 Å². The number of ether oxygens (including phenoxy) is 2. The van der Waals surface area contributed by atoms with Gasteiger partial charge in [0.05, 0.1) is 17.6 Å². The van der Waals surface area contributed by atoms with Crippen molar-refractivity contribution in [1.29, 1.82) is 0 Å². The fourth-order valence-corrected chi connectivity index (χ4v) is 7.49. The molecule has 1 aromatic carbocycles. The number of amides is 1. The van der Waals surface area contributed by atoms with E-state index >= 15 is 0 Å². The molecular weight excluding hydrogens is 579 g/mol. The van der Waals surface area contributed by atoms with Gasteiger partial charge >= 0.3 is 6.09 Å². The van der Waals surface area contributed by atoms with Gasteiger partial charge in [-0.2, -0.15) is 5.10 Å². The van der Waals surface area contributed by atoms with Gasteiger partial charge in [-0.25, -0.2) is 14.5 Å². The Balaban J connectivity index is 1.59. The SMILES string of the molecule is CN(C(=O)O)c1cc(CO)c2nc(-c3nn(COCC[Si](C)(C)C)c4c3C[C@@H]3C[C@]3(C)C4)n(COCC[Si](C)(C)C)c2c1. The Morgan fingerprint density at radius 2 is 1.74 bits per heavy atom. The smallest absolute Gasteiger partial charge is 0.411 e. The molecule has 43 heavy (non-hydrogen) atoms. The zero-order valence-corrected chi connectivity index (χ0v) is 29.2. The average molecular weight is 628 g/mol. The highest BCUT2D eigenvalue weighted by Gasteiger charge is 2.54. The molecule has 1 saturated carbocycles. The number of carboxylic acid groups (broad SMARTS) is 1. The predicted molar refractivity (Wildman–Crippen MR) is 175 cm³/mol. The Morgan fingerprint density at radius 3 is 2.35 bits per heavy atom. The van der Waals surface area contributed by atoms with Gasteiger partial charge in [0.2, 0.25) is 0 Å². The number of fused-ring (bicyclic) bond motifs is 3. The monoisotopic (exact) mass is 627 g/mol. The minimum absolute atomic E-state index is 0.261.